The van der Waals surface area contributed by atoms with Crippen molar-refractivity contribution in [2.75, 3.05) is 12.4 Å². The van der Waals surface area contributed by atoms with E-state index in [1.165, 1.54) is 24.3 Å². The molecule has 8 heteroatoms. The summed E-state index contributed by atoms with van der Waals surface area (Å²) in [5.41, 5.74) is 2.40. The van der Waals surface area contributed by atoms with Gasteiger partial charge < -0.3 is 19.9 Å². The lowest BCUT2D eigenvalue weighted by Crippen LogP contribution is -2.38. The summed E-state index contributed by atoms with van der Waals surface area (Å²) in [5, 5.41) is 14.2. The first-order chi connectivity index (χ1) is 14.9. The lowest BCUT2D eigenvalue weighted by Gasteiger charge is -2.11. The molecule has 0 unspecified atom stereocenters. The minimum absolute atomic E-state index is 0.00440. The van der Waals surface area contributed by atoms with Crippen LogP contribution in [-0.4, -0.2) is 23.8 Å². The van der Waals surface area contributed by atoms with Gasteiger partial charge in [0.15, 0.2) is 23.1 Å². The fraction of sp³-hybridized carbons (Fsp3) is 0.130. The first kappa shape index (κ1) is 22.2. The van der Waals surface area contributed by atoms with E-state index in [-0.39, 0.29) is 16.5 Å². The van der Waals surface area contributed by atoms with Gasteiger partial charge in [-0.1, -0.05) is 12.2 Å². The molecular weight excluding hydrogens is 422 g/mol. The summed E-state index contributed by atoms with van der Waals surface area (Å²) in [5.74, 6) is 0.578. The van der Waals surface area contributed by atoms with Crippen LogP contribution in [0.15, 0.2) is 73.1 Å². The number of methoxy groups -OCH3 is 1. The van der Waals surface area contributed by atoms with Crippen LogP contribution in [-0.2, 0) is 0 Å². The number of nitrogens with one attached hydrogen (secondary N) is 1. The Bertz CT molecular complexity index is 1080. The number of aryl methyl sites for hydroxylation is 1. The molecule has 2 aromatic carbocycles. The molecule has 3 rings (SSSR count). The minimum atomic E-state index is -2.92. The van der Waals surface area contributed by atoms with Crippen molar-refractivity contribution in [2.24, 2.45) is 0 Å². The molecule has 160 valence electrons. The summed E-state index contributed by atoms with van der Waals surface area (Å²) < 4.78 is 36.1. The predicted octanol–water partition coefficient (Wildman–Crippen LogP) is 5.22. The Hall–Kier alpha value is -3.52. The molecule has 0 fully saturated rings. The third kappa shape index (κ3) is 5.76. The van der Waals surface area contributed by atoms with E-state index in [2.05, 4.69) is 10.1 Å². The molecular formula is C23H21F2N2O3S+. The van der Waals surface area contributed by atoms with Gasteiger partial charge in [-0.15, -0.1) is 0 Å². The summed E-state index contributed by atoms with van der Waals surface area (Å²) in [7, 11) is 1.58. The second kappa shape index (κ2) is 9.99. The highest BCUT2D eigenvalue weighted by Crippen LogP contribution is 2.23. The maximum atomic E-state index is 12.4. The van der Waals surface area contributed by atoms with Gasteiger partial charge in [-0.2, -0.15) is 13.3 Å². The van der Waals surface area contributed by atoms with Gasteiger partial charge in [-0.3, -0.25) is 0 Å². The Kier molecular flexibility index (Phi) is 7.15. The monoisotopic (exact) mass is 443 g/mol. The summed E-state index contributed by atoms with van der Waals surface area (Å²) in [6.07, 6.45) is 3.58. The van der Waals surface area contributed by atoms with Gasteiger partial charge in [0.1, 0.15) is 11.5 Å². The Morgan fingerprint density at radius 1 is 1.03 bits per heavy atom. The first-order valence-electron chi connectivity index (χ1n) is 9.29. The molecule has 1 heterocycles. The Labute approximate surface area is 184 Å². The number of halogens is 2. The number of hydrogen-bond acceptors (Lipinski definition) is 4. The van der Waals surface area contributed by atoms with Gasteiger partial charge in [-0.05, 0) is 61.5 Å². The van der Waals surface area contributed by atoms with E-state index in [9.17, 15) is 13.9 Å². The molecule has 1 aromatic heterocycles. The fourth-order valence-corrected chi connectivity index (χ4v) is 3.19. The third-order valence-electron chi connectivity index (χ3n) is 4.35. The number of aromatic nitrogens is 1. The van der Waals surface area contributed by atoms with Gasteiger partial charge >= 0.3 is 6.61 Å². The third-order valence-corrected chi connectivity index (χ3v) is 4.64. The van der Waals surface area contributed by atoms with Crippen LogP contribution >= 0.6 is 12.2 Å². The second-order valence-corrected chi connectivity index (χ2v) is 6.98. The average molecular weight is 443 g/mol. The van der Waals surface area contributed by atoms with Crippen molar-refractivity contribution in [1.29, 1.82) is 0 Å². The molecule has 2 N–H and O–H groups in total. The Balaban J connectivity index is 1.99. The maximum absolute atomic E-state index is 12.4. The minimum Gasteiger partial charge on any atom is -0.502 e. The zero-order valence-electron chi connectivity index (χ0n) is 16.9. The molecule has 0 aliphatic rings. The highest BCUT2D eigenvalue weighted by atomic mass is 32.1. The van der Waals surface area contributed by atoms with Gasteiger partial charge in [-0.25, -0.2) is 0 Å². The van der Waals surface area contributed by atoms with Crippen molar-refractivity contribution in [3.63, 3.8) is 0 Å². The number of thiocarbonyl (C=S) groups is 1. The molecule has 0 atom stereocenters. The van der Waals surface area contributed by atoms with E-state index in [1.807, 2.05) is 25.3 Å². The number of nitrogens with zero attached hydrogens (tertiary/aromatic N) is 1. The number of ether oxygens (including phenoxy) is 2. The zero-order chi connectivity index (χ0) is 22.4. The number of aliphatic hydroxyl groups excluding tert-OH is 1. The van der Waals surface area contributed by atoms with E-state index in [0.29, 0.717) is 22.7 Å². The quantitative estimate of drug-likeness (QED) is 0.227. The number of anilines is 1. The van der Waals surface area contributed by atoms with Crippen molar-refractivity contribution >= 4 is 34.3 Å². The number of rotatable bonds is 7. The van der Waals surface area contributed by atoms with Crippen LogP contribution in [0.1, 0.15) is 11.1 Å². The normalized spacial score (nSPS) is 11.6. The highest BCUT2D eigenvalue weighted by molar-refractivity contribution is 7.81. The van der Waals surface area contributed by atoms with Gasteiger partial charge in [0, 0.05) is 22.9 Å². The molecule has 0 aliphatic carbocycles. The molecule has 0 aliphatic heterocycles. The largest absolute Gasteiger partial charge is 0.502 e. The van der Waals surface area contributed by atoms with Crippen LogP contribution in [0.4, 0.5) is 14.5 Å². The van der Waals surface area contributed by atoms with E-state index in [0.717, 1.165) is 5.56 Å². The van der Waals surface area contributed by atoms with E-state index in [4.69, 9.17) is 17.0 Å². The smallest absolute Gasteiger partial charge is 0.387 e. The summed E-state index contributed by atoms with van der Waals surface area (Å²) in [6, 6.07) is 16.6. The molecule has 0 amide bonds. The lowest BCUT2D eigenvalue weighted by atomic mass is 10.1. The Morgan fingerprint density at radius 3 is 2.26 bits per heavy atom. The highest BCUT2D eigenvalue weighted by Gasteiger charge is 2.24. The molecule has 3 aromatic rings. The van der Waals surface area contributed by atoms with Gasteiger partial charge in [0.25, 0.3) is 5.70 Å². The van der Waals surface area contributed by atoms with Crippen LogP contribution in [0, 0.1) is 6.92 Å². The molecule has 0 spiro atoms. The van der Waals surface area contributed by atoms with E-state index >= 15 is 0 Å². The number of aliphatic hydroxyl groups is 1. The van der Waals surface area contributed by atoms with E-state index < -0.39 is 6.61 Å². The van der Waals surface area contributed by atoms with Crippen LogP contribution in [0.2, 0.25) is 0 Å². The van der Waals surface area contributed by atoms with Gasteiger partial charge in [0.2, 0.25) is 0 Å². The topological polar surface area (TPSA) is 54.6 Å². The molecule has 0 radical (unpaired) electrons. The van der Waals surface area contributed by atoms with Crippen LogP contribution in [0.5, 0.6) is 11.5 Å². The van der Waals surface area contributed by atoms with Gasteiger partial charge in [0.05, 0.1) is 7.11 Å². The maximum Gasteiger partial charge on any atom is 0.387 e. The fourth-order valence-electron chi connectivity index (χ4n) is 2.87. The standard InChI is InChI=1S/C23H20F2N2O3S/c1-15-4-3-13-27(14-15)20(22(31)26-17-7-11-18(29-2)12-8-17)21(28)16-5-9-19(10-6-16)30-23(24)25/h3-14,23H,1-2H3,(H-,26,28,31)/p+1. The average Bonchev–Trinajstić information content (AvgIpc) is 2.74. The molecule has 0 bridgehead atoms. The summed E-state index contributed by atoms with van der Waals surface area (Å²) in [6.45, 7) is -1.00. The van der Waals surface area contributed by atoms with Crippen molar-refractivity contribution < 1.29 is 27.9 Å². The van der Waals surface area contributed by atoms with Crippen LogP contribution < -0.4 is 19.4 Å². The Morgan fingerprint density at radius 2 is 1.68 bits per heavy atom. The second-order valence-electron chi connectivity index (χ2n) is 6.57. The van der Waals surface area contributed by atoms with Crippen LogP contribution in [0.25, 0.3) is 11.5 Å². The number of alkyl halides is 2. The van der Waals surface area contributed by atoms with Crippen molar-refractivity contribution in [1.82, 2.24) is 0 Å². The zero-order valence-corrected chi connectivity index (χ0v) is 17.7. The number of pyridine rings is 1. The van der Waals surface area contributed by atoms with Crippen molar-refractivity contribution in [3.8, 4) is 11.5 Å². The first-order valence-corrected chi connectivity index (χ1v) is 9.70. The molecule has 0 saturated carbocycles. The SMILES string of the molecule is COc1ccc(NC(=S)/C(=C(\O)c2ccc(OC(F)F)cc2)[n+]2cccc(C)c2)cc1. The molecule has 0 saturated heterocycles. The van der Waals surface area contributed by atoms with E-state index in [1.54, 1.807) is 42.1 Å². The predicted molar refractivity (Wildman–Crippen MR) is 119 cm³/mol. The molecule has 5 nitrogen and oxygen atoms in total. The van der Waals surface area contributed by atoms with Crippen LogP contribution in [0.3, 0.4) is 0 Å². The lowest BCUT2D eigenvalue weighted by molar-refractivity contribution is -0.576. The molecule has 31 heavy (non-hydrogen) atoms. The number of benzene rings is 2. The summed E-state index contributed by atoms with van der Waals surface area (Å²) in [4.78, 5) is 0.270. The van der Waals surface area contributed by atoms with Crippen molar-refractivity contribution in [3.05, 3.63) is 84.2 Å². The number of hydrogen-bond donors (Lipinski definition) is 2. The summed E-state index contributed by atoms with van der Waals surface area (Å²) >= 11 is 5.60. The van der Waals surface area contributed by atoms with Crippen molar-refractivity contribution in [2.45, 2.75) is 13.5 Å².